The molecular formula is C18H25N5O. The highest BCUT2D eigenvalue weighted by Crippen LogP contribution is 2.34. The van der Waals surface area contributed by atoms with Crippen LogP contribution in [0.2, 0.25) is 0 Å². The van der Waals surface area contributed by atoms with Gasteiger partial charge in [0.1, 0.15) is 18.4 Å². The lowest BCUT2D eigenvalue weighted by atomic mass is 10.0. The largest absolute Gasteiger partial charge is 0.449 e. The number of fused-ring (bicyclic) bond motifs is 1. The summed E-state index contributed by atoms with van der Waals surface area (Å²) in [6.07, 6.45) is 3.49. The van der Waals surface area contributed by atoms with Crippen LogP contribution in [0.15, 0.2) is 23.1 Å². The molecule has 0 aliphatic carbocycles. The Morgan fingerprint density at radius 3 is 2.54 bits per heavy atom. The van der Waals surface area contributed by atoms with Crippen molar-refractivity contribution in [2.75, 3.05) is 31.1 Å². The van der Waals surface area contributed by atoms with Crippen LogP contribution in [0.4, 0.5) is 5.82 Å². The molecule has 0 aromatic carbocycles. The number of oxazole rings is 1. The van der Waals surface area contributed by atoms with Gasteiger partial charge >= 0.3 is 0 Å². The first-order valence-electron chi connectivity index (χ1n) is 8.78. The molecule has 128 valence electrons. The van der Waals surface area contributed by atoms with Gasteiger partial charge in [-0.25, -0.2) is 15.0 Å². The average molecular weight is 327 g/mol. The fraction of sp³-hybridized carbons (Fsp3) is 0.611. The number of hydrogen-bond acceptors (Lipinski definition) is 6. The lowest BCUT2D eigenvalue weighted by molar-refractivity contribution is 0.305. The summed E-state index contributed by atoms with van der Waals surface area (Å²) in [6.45, 7) is 11.6. The van der Waals surface area contributed by atoms with E-state index in [1.807, 2.05) is 6.92 Å². The Morgan fingerprint density at radius 1 is 1.17 bits per heavy atom. The molecule has 4 rings (SSSR count). The maximum atomic E-state index is 5.31. The van der Waals surface area contributed by atoms with E-state index in [4.69, 9.17) is 4.42 Å². The molecule has 0 bridgehead atoms. The third-order valence-electron chi connectivity index (χ3n) is 5.20. The number of hydrogen-bond donors (Lipinski definition) is 0. The summed E-state index contributed by atoms with van der Waals surface area (Å²) >= 11 is 0. The Labute approximate surface area is 142 Å². The zero-order chi connectivity index (χ0) is 16.7. The molecular weight excluding hydrogens is 302 g/mol. The fourth-order valence-electron chi connectivity index (χ4n) is 3.97. The zero-order valence-electron chi connectivity index (χ0n) is 14.6. The standard InChI is InChI=1S/C18H25N5O/c1-12(2)17-4-18(20-11-19-17)23-7-14-5-22(6-15(14)8-23)9-16-10-24-13(3)21-16/h4,10-12,14-15H,5-9H2,1-3H3. The summed E-state index contributed by atoms with van der Waals surface area (Å²) in [7, 11) is 0. The lowest BCUT2D eigenvalue weighted by Crippen LogP contribution is -2.29. The van der Waals surface area contributed by atoms with Crippen molar-refractivity contribution < 1.29 is 4.42 Å². The summed E-state index contributed by atoms with van der Waals surface area (Å²) in [5.74, 6) is 3.71. The summed E-state index contributed by atoms with van der Waals surface area (Å²) in [4.78, 5) is 18.2. The van der Waals surface area contributed by atoms with Gasteiger partial charge in [0.15, 0.2) is 5.89 Å². The third kappa shape index (κ3) is 3.02. The van der Waals surface area contributed by atoms with Crippen molar-refractivity contribution in [3.8, 4) is 0 Å². The van der Waals surface area contributed by atoms with Crippen LogP contribution in [-0.4, -0.2) is 46.0 Å². The van der Waals surface area contributed by atoms with Crippen molar-refractivity contribution in [2.45, 2.75) is 33.2 Å². The van der Waals surface area contributed by atoms with E-state index >= 15 is 0 Å². The Kier molecular flexibility index (Phi) is 4.00. The molecule has 6 heteroatoms. The molecule has 2 atom stereocenters. The van der Waals surface area contributed by atoms with Gasteiger partial charge in [-0.1, -0.05) is 13.8 Å². The summed E-state index contributed by atoms with van der Waals surface area (Å²) in [5.41, 5.74) is 2.17. The molecule has 0 amide bonds. The highest BCUT2D eigenvalue weighted by Gasteiger charge is 2.40. The zero-order valence-corrected chi connectivity index (χ0v) is 14.6. The molecule has 6 nitrogen and oxygen atoms in total. The van der Waals surface area contributed by atoms with Gasteiger partial charge in [0.2, 0.25) is 0 Å². The van der Waals surface area contributed by atoms with Crippen molar-refractivity contribution in [1.29, 1.82) is 0 Å². The van der Waals surface area contributed by atoms with E-state index in [1.54, 1.807) is 12.6 Å². The number of aryl methyl sites for hydroxylation is 1. The van der Waals surface area contributed by atoms with E-state index in [9.17, 15) is 0 Å². The van der Waals surface area contributed by atoms with Crippen molar-refractivity contribution in [1.82, 2.24) is 19.9 Å². The molecule has 24 heavy (non-hydrogen) atoms. The van der Waals surface area contributed by atoms with Crippen LogP contribution < -0.4 is 4.90 Å². The Morgan fingerprint density at radius 2 is 1.92 bits per heavy atom. The van der Waals surface area contributed by atoms with Crippen LogP contribution >= 0.6 is 0 Å². The molecule has 2 fully saturated rings. The second-order valence-electron chi connectivity index (χ2n) is 7.43. The van der Waals surface area contributed by atoms with Gasteiger partial charge in [-0.3, -0.25) is 4.90 Å². The topological polar surface area (TPSA) is 58.3 Å². The molecule has 0 spiro atoms. The number of aromatic nitrogens is 3. The minimum Gasteiger partial charge on any atom is -0.449 e. The average Bonchev–Trinajstić information content (AvgIpc) is 3.22. The Balaban J connectivity index is 1.38. The summed E-state index contributed by atoms with van der Waals surface area (Å²) < 4.78 is 5.31. The molecule has 0 radical (unpaired) electrons. The first-order valence-corrected chi connectivity index (χ1v) is 8.78. The Bertz CT molecular complexity index is 699. The smallest absolute Gasteiger partial charge is 0.191 e. The number of nitrogens with zero attached hydrogens (tertiary/aromatic N) is 5. The van der Waals surface area contributed by atoms with E-state index < -0.39 is 0 Å². The molecule has 4 heterocycles. The fourth-order valence-corrected chi connectivity index (χ4v) is 3.97. The third-order valence-corrected chi connectivity index (χ3v) is 5.20. The van der Waals surface area contributed by atoms with E-state index in [1.165, 1.54) is 0 Å². The van der Waals surface area contributed by atoms with Crippen LogP contribution in [0.5, 0.6) is 0 Å². The van der Waals surface area contributed by atoms with E-state index in [0.29, 0.717) is 5.92 Å². The molecule has 0 saturated carbocycles. The van der Waals surface area contributed by atoms with Crippen molar-refractivity contribution in [3.63, 3.8) is 0 Å². The lowest BCUT2D eigenvalue weighted by Gasteiger charge is -2.22. The van der Waals surface area contributed by atoms with Crippen LogP contribution in [0.3, 0.4) is 0 Å². The van der Waals surface area contributed by atoms with Gasteiger partial charge in [0, 0.05) is 51.4 Å². The second-order valence-corrected chi connectivity index (χ2v) is 7.43. The SMILES string of the molecule is Cc1nc(CN2CC3CN(c4cc(C(C)C)ncn4)CC3C2)co1. The highest BCUT2D eigenvalue weighted by molar-refractivity contribution is 5.41. The van der Waals surface area contributed by atoms with Crippen molar-refractivity contribution in [2.24, 2.45) is 11.8 Å². The van der Waals surface area contributed by atoms with Gasteiger partial charge < -0.3 is 9.32 Å². The first-order chi connectivity index (χ1) is 11.6. The van der Waals surface area contributed by atoms with Crippen LogP contribution in [0.25, 0.3) is 0 Å². The minimum absolute atomic E-state index is 0.440. The van der Waals surface area contributed by atoms with E-state index in [0.717, 1.165) is 67.7 Å². The van der Waals surface area contributed by atoms with Gasteiger partial charge in [-0.05, 0) is 17.8 Å². The molecule has 0 N–H and O–H groups in total. The summed E-state index contributed by atoms with van der Waals surface area (Å²) in [6, 6.07) is 2.15. The predicted octanol–water partition coefficient (Wildman–Crippen LogP) is 2.46. The molecule has 2 aliphatic rings. The first kappa shape index (κ1) is 15.6. The maximum absolute atomic E-state index is 5.31. The van der Waals surface area contributed by atoms with Crippen molar-refractivity contribution in [3.05, 3.63) is 35.9 Å². The maximum Gasteiger partial charge on any atom is 0.191 e. The number of rotatable bonds is 4. The van der Waals surface area contributed by atoms with E-state index in [-0.39, 0.29) is 0 Å². The molecule has 2 saturated heterocycles. The van der Waals surface area contributed by atoms with Crippen LogP contribution in [0.1, 0.15) is 37.0 Å². The van der Waals surface area contributed by atoms with Crippen LogP contribution in [-0.2, 0) is 6.54 Å². The van der Waals surface area contributed by atoms with Gasteiger partial charge in [-0.15, -0.1) is 0 Å². The van der Waals surface area contributed by atoms with Gasteiger partial charge in [-0.2, -0.15) is 0 Å². The quantitative estimate of drug-likeness (QED) is 0.860. The normalized spacial score (nSPS) is 24.1. The van der Waals surface area contributed by atoms with Crippen LogP contribution in [0, 0.1) is 18.8 Å². The van der Waals surface area contributed by atoms with E-state index in [2.05, 4.69) is 44.7 Å². The Hall–Kier alpha value is -1.95. The molecule has 2 aliphatic heterocycles. The molecule has 2 aromatic heterocycles. The molecule has 2 unspecified atom stereocenters. The monoisotopic (exact) mass is 327 g/mol. The number of likely N-dealkylation sites (tertiary alicyclic amines) is 1. The second kappa shape index (κ2) is 6.16. The molecule has 2 aromatic rings. The van der Waals surface area contributed by atoms with Gasteiger partial charge in [0.05, 0.1) is 5.69 Å². The number of anilines is 1. The summed E-state index contributed by atoms with van der Waals surface area (Å²) in [5, 5.41) is 0. The van der Waals surface area contributed by atoms with Crippen molar-refractivity contribution >= 4 is 5.82 Å². The predicted molar refractivity (Wildman–Crippen MR) is 91.8 cm³/mol. The highest BCUT2D eigenvalue weighted by atomic mass is 16.3. The minimum atomic E-state index is 0.440. The van der Waals surface area contributed by atoms with Gasteiger partial charge in [0.25, 0.3) is 0 Å².